The van der Waals surface area contributed by atoms with Gasteiger partial charge < -0.3 is 5.32 Å². The SMILES string of the molecule is CC(CC1CC1)Nc1ccc2cc(Br)ccc2c1. The second-order valence-corrected chi connectivity index (χ2v) is 6.35. The smallest absolute Gasteiger partial charge is 0.0348 e. The van der Waals surface area contributed by atoms with Gasteiger partial charge in [-0.1, -0.05) is 40.9 Å². The molecule has 3 rings (SSSR count). The van der Waals surface area contributed by atoms with Gasteiger partial charge in [-0.2, -0.15) is 0 Å². The van der Waals surface area contributed by atoms with Crippen molar-refractivity contribution in [3.63, 3.8) is 0 Å². The highest BCUT2D eigenvalue weighted by atomic mass is 79.9. The van der Waals surface area contributed by atoms with Crippen molar-refractivity contribution in [2.24, 2.45) is 5.92 Å². The van der Waals surface area contributed by atoms with Gasteiger partial charge in [0.1, 0.15) is 0 Å². The number of fused-ring (bicyclic) bond motifs is 1. The predicted molar refractivity (Wildman–Crippen MR) is 82.1 cm³/mol. The summed E-state index contributed by atoms with van der Waals surface area (Å²) in [5.41, 5.74) is 1.23. The van der Waals surface area contributed by atoms with Crippen LogP contribution in [0.1, 0.15) is 26.2 Å². The van der Waals surface area contributed by atoms with Crippen molar-refractivity contribution in [2.75, 3.05) is 5.32 Å². The van der Waals surface area contributed by atoms with Crippen molar-refractivity contribution in [1.82, 2.24) is 0 Å². The first-order valence-corrected chi connectivity index (χ1v) is 7.46. The second-order valence-electron chi connectivity index (χ2n) is 5.43. The molecule has 1 aliphatic carbocycles. The van der Waals surface area contributed by atoms with Crippen LogP contribution in [0, 0.1) is 5.92 Å². The highest BCUT2D eigenvalue weighted by Gasteiger charge is 2.23. The van der Waals surface area contributed by atoms with Gasteiger partial charge in [0.15, 0.2) is 0 Å². The predicted octanol–water partition coefficient (Wildman–Crippen LogP) is 5.20. The lowest BCUT2D eigenvalue weighted by Gasteiger charge is -2.15. The molecule has 0 spiro atoms. The summed E-state index contributed by atoms with van der Waals surface area (Å²) in [4.78, 5) is 0. The van der Waals surface area contributed by atoms with E-state index in [0.29, 0.717) is 6.04 Å². The zero-order chi connectivity index (χ0) is 12.5. The molecular formula is C16H18BrN. The van der Waals surface area contributed by atoms with Gasteiger partial charge in [0.05, 0.1) is 0 Å². The van der Waals surface area contributed by atoms with E-state index in [9.17, 15) is 0 Å². The molecule has 1 nitrogen and oxygen atoms in total. The first kappa shape index (κ1) is 12.0. The van der Waals surface area contributed by atoms with Gasteiger partial charge in [0.2, 0.25) is 0 Å². The number of nitrogens with one attached hydrogen (secondary N) is 1. The highest BCUT2D eigenvalue weighted by molar-refractivity contribution is 9.10. The van der Waals surface area contributed by atoms with Gasteiger partial charge in [-0.15, -0.1) is 0 Å². The Bertz CT molecular complexity index is 560. The zero-order valence-electron chi connectivity index (χ0n) is 10.6. The van der Waals surface area contributed by atoms with E-state index in [4.69, 9.17) is 0 Å². The maximum Gasteiger partial charge on any atom is 0.0348 e. The Morgan fingerprint density at radius 1 is 1.17 bits per heavy atom. The fourth-order valence-electron chi connectivity index (χ4n) is 2.50. The molecule has 0 aromatic heterocycles. The maximum atomic E-state index is 3.61. The summed E-state index contributed by atoms with van der Waals surface area (Å²) in [6.45, 7) is 2.28. The Labute approximate surface area is 117 Å². The standard InChI is InChI=1S/C16H18BrN/c1-11(8-12-2-3-12)18-16-7-5-13-9-15(17)6-4-14(13)10-16/h4-7,9-12,18H,2-3,8H2,1H3. The van der Waals surface area contributed by atoms with Crippen LogP contribution in [0.5, 0.6) is 0 Å². The van der Waals surface area contributed by atoms with Crippen molar-refractivity contribution in [2.45, 2.75) is 32.2 Å². The Kier molecular flexibility index (Phi) is 3.29. The van der Waals surface area contributed by atoms with E-state index in [2.05, 4.69) is 64.6 Å². The van der Waals surface area contributed by atoms with Gasteiger partial charge in [-0.25, -0.2) is 0 Å². The third-order valence-electron chi connectivity index (χ3n) is 3.60. The maximum absolute atomic E-state index is 3.61. The molecule has 0 radical (unpaired) electrons. The summed E-state index contributed by atoms with van der Waals surface area (Å²) in [6, 6.07) is 13.6. The van der Waals surface area contributed by atoms with E-state index in [0.717, 1.165) is 10.4 Å². The number of halogens is 1. The van der Waals surface area contributed by atoms with E-state index in [1.807, 2.05) is 0 Å². The summed E-state index contributed by atoms with van der Waals surface area (Å²) in [5.74, 6) is 0.976. The van der Waals surface area contributed by atoms with Crippen LogP contribution in [0.4, 0.5) is 5.69 Å². The number of benzene rings is 2. The molecule has 1 aliphatic rings. The lowest BCUT2D eigenvalue weighted by atomic mass is 10.1. The topological polar surface area (TPSA) is 12.0 Å². The molecule has 0 saturated heterocycles. The van der Waals surface area contributed by atoms with Gasteiger partial charge in [-0.3, -0.25) is 0 Å². The van der Waals surface area contributed by atoms with Crippen molar-refractivity contribution >= 4 is 32.4 Å². The van der Waals surface area contributed by atoms with Crippen molar-refractivity contribution in [3.05, 3.63) is 40.9 Å². The van der Waals surface area contributed by atoms with Crippen molar-refractivity contribution < 1.29 is 0 Å². The molecule has 1 saturated carbocycles. The molecule has 0 amide bonds. The Hall–Kier alpha value is -1.02. The van der Waals surface area contributed by atoms with E-state index in [1.54, 1.807) is 0 Å². The van der Waals surface area contributed by atoms with Crippen LogP contribution < -0.4 is 5.32 Å². The zero-order valence-corrected chi connectivity index (χ0v) is 12.2. The quantitative estimate of drug-likeness (QED) is 0.818. The van der Waals surface area contributed by atoms with Crippen LogP contribution in [0.15, 0.2) is 40.9 Å². The van der Waals surface area contributed by atoms with Crippen LogP contribution >= 0.6 is 15.9 Å². The van der Waals surface area contributed by atoms with Crippen LogP contribution in [-0.2, 0) is 0 Å². The highest BCUT2D eigenvalue weighted by Crippen LogP contribution is 2.34. The van der Waals surface area contributed by atoms with Crippen LogP contribution in [0.2, 0.25) is 0 Å². The number of rotatable bonds is 4. The normalized spacial score (nSPS) is 16.8. The molecule has 1 fully saturated rings. The molecule has 0 heterocycles. The van der Waals surface area contributed by atoms with Gasteiger partial charge >= 0.3 is 0 Å². The Morgan fingerprint density at radius 2 is 1.89 bits per heavy atom. The summed E-state index contributed by atoms with van der Waals surface area (Å²) in [7, 11) is 0. The minimum Gasteiger partial charge on any atom is -0.383 e. The molecule has 94 valence electrons. The minimum atomic E-state index is 0.574. The molecule has 0 bridgehead atoms. The monoisotopic (exact) mass is 303 g/mol. The number of hydrogen-bond donors (Lipinski definition) is 1. The summed E-state index contributed by atoms with van der Waals surface area (Å²) in [6.07, 6.45) is 4.16. The van der Waals surface area contributed by atoms with Crippen LogP contribution in [0.3, 0.4) is 0 Å². The Morgan fingerprint density at radius 3 is 2.67 bits per heavy atom. The lowest BCUT2D eigenvalue weighted by Crippen LogP contribution is -2.15. The van der Waals surface area contributed by atoms with Crippen LogP contribution in [-0.4, -0.2) is 6.04 Å². The van der Waals surface area contributed by atoms with E-state index in [1.165, 1.54) is 35.7 Å². The molecule has 1 atom stereocenters. The van der Waals surface area contributed by atoms with E-state index >= 15 is 0 Å². The third kappa shape index (κ3) is 2.86. The molecule has 1 unspecified atom stereocenters. The molecule has 18 heavy (non-hydrogen) atoms. The number of hydrogen-bond acceptors (Lipinski definition) is 1. The minimum absolute atomic E-state index is 0.574. The van der Waals surface area contributed by atoms with Gasteiger partial charge in [0.25, 0.3) is 0 Å². The molecule has 0 aliphatic heterocycles. The van der Waals surface area contributed by atoms with E-state index in [-0.39, 0.29) is 0 Å². The Balaban J connectivity index is 1.77. The first-order chi connectivity index (χ1) is 8.70. The lowest BCUT2D eigenvalue weighted by molar-refractivity contribution is 0.642. The summed E-state index contributed by atoms with van der Waals surface area (Å²) in [5, 5.41) is 6.18. The van der Waals surface area contributed by atoms with Crippen molar-refractivity contribution in [1.29, 1.82) is 0 Å². The fraction of sp³-hybridized carbons (Fsp3) is 0.375. The summed E-state index contributed by atoms with van der Waals surface area (Å²) < 4.78 is 1.14. The third-order valence-corrected chi connectivity index (χ3v) is 4.09. The van der Waals surface area contributed by atoms with Crippen LogP contribution in [0.25, 0.3) is 10.8 Å². The molecular weight excluding hydrogens is 286 g/mol. The van der Waals surface area contributed by atoms with Crippen molar-refractivity contribution in [3.8, 4) is 0 Å². The summed E-state index contributed by atoms with van der Waals surface area (Å²) >= 11 is 3.51. The molecule has 2 aromatic rings. The first-order valence-electron chi connectivity index (χ1n) is 6.66. The molecule has 2 aromatic carbocycles. The molecule has 1 N–H and O–H groups in total. The van der Waals surface area contributed by atoms with E-state index < -0.39 is 0 Å². The van der Waals surface area contributed by atoms with Gasteiger partial charge in [0, 0.05) is 16.2 Å². The average Bonchev–Trinajstić information content (AvgIpc) is 3.13. The second kappa shape index (κ2) is 4.93. The molecule has 2 heteroatoms. The average molecular weight is 304 g/mol. The number of anilines is 1. The fourth-order valence-corrected chi connectivity index (χ4v) is 2.88. The van der Waals surface area contributed by atoms with Gasteiger partial charge in [-0.05, 0) is 54.3 Å². The largest absolute Gasteiger partial charge is 0.383 e.